The molecule has 1 aliphatic carbocycles. The first-order chi connectivity index (χ1) is 12.7. The molecule has 1 amide bonds. The lowest BCUT2D eigenvalue weighted by Crippen LogP contribution is -2.45. The third-order valence-corrected chi connectivity index (χ3v) is 6.12. The molecule has 1 saturated carbocycles. The fourth-order valence-electron chi connectivity index (χ4n) is 4.63. The summed E-state index contributed by atoms with van der Waals surface area (Å²) in [5, 5.41) is 3.29. The maximum atomic E-state index is 12.6. The van der Waals surface area contributed by atoms with Crippen LogP contribution in [0.25, 0.3) is 0 Å². The van der Waals surface area contributed by atoms with E-state index in [0.717, 1.165) is 37.3 Å². The summed E-state index contributed by atoms with van der Waals surface area (Å²) < 4.78 is 11.4. The third kappa shape index (κ3) is 3.83. The van der Waals surface area contributed by atoms with Gasteiger partial charge >= 0.3 is 0 Å². The number of carbonyl (C=O) groups excluding carboxylic acids is 1. The molecular formula is C21H30N2O3. The van der Waals surface area contributed by atoms with Gasteiger partial charge in [-0.3, -0.25) is 9.69 Å². The van der Waals surface area contributed by atoms with Gasteiger partial charge in [-0.05, 0) is 55.8 Å². The molecule has 26 heavy (non-hydrogen) atoms. The summed E-state index contributed by atoms with van der Waals surface area (Å²) in [4.78, 5) is 14.9. The summed E-state index contributed by atoms with van der Waals surface area (Å²) in [6.07, 6.45) is 7.11. The predicted octanol–water partition coefficient (Wildman–Crippen LogP) is 3.29. The Morgan fingerprint density at radius 3 is 2.77 bits per heavy atom. The quantitative estimate of drug-likeness (QED) is 0.897. The van der Waals surface area contributed by atoms with Crippen molar-refractivity contribution < 1.29 is 14.3 Å². The number of hydrogen-bond acceptors (Lipinski definition) is 4. The van der Waals surface area contributed by atoms with Gasteiger partial charge in [-0.25, -0.2) is 0 Å². The van der Waals surface area contributed by atoms with Crippen molar-refractivity contribution in [1.82, 2.24) is 10.2 Å². The normalized spacial score (nSPS) is 28.7. The summed E-state index contributed by atoms with van der Waals surface area (Å²) in [5.74, 6) is 2.43. The first-order valence-electron chi connectivity index (χ1n) is 10.1. The molecule has 1 saturated heterocycles. The number of hydrogen-bond donors (Lipinski definition) is 1. The molecule has 4 rings (SSSR count). The van der Waals surface area contributed by atoms with Gasteiger partial charge in [0.1, 0.15) is 13.2 Å². The zero-order valence-electron chi connectivity index (χ0n) is 15.7. The van der Waals surface area contributed by atoms with Gasteiger partial charge in [0, 0.05) is 12.1 Å². The van der Waals surface area contributed by atoms with E-state index >= 15 is 0 Å². The Bertz CT molecular complexity index is 648. The minimum Gasteiger partial charge on any atom is -0.486 e. The Morgan fingerprint density at radius 1 is 1.12 bits per heavy atom. The molecule has 0 aromatic heterocycles. The minimum absolute atomic E-state index is 0.174. The molecule has 0 spiro atoms. The Hall–Kier alpha value is -1.75. The monoisotopic (exact) mass is 358 g/mol. The van der Waals surface area contributed by atoms with Gasteiger partial charge in [-0.15, -0.1) is 0 Å². The van der Waals surface area contributed by atoms with Crippen LogP contribution in [0, 0.1) is 5.92 Å². The highest BCUT2D eigenvalue weighted by Crippen LogP contribution is 2.37. The fraction of sp³-hybridized carbons (Fsp3) is 0.667. The highest BCUT2D eigenvalue weighted by Gasteiger charge is 2.30. The Kier molecular flexibility index (Phi) is 5.34. The number of amides is 1. The molecule has 2 fully saturated rings. The number of nitrogens with one attached hydrogen (secondary N) is 1. The van der Waals surface area contributed by atoms with Crippen LogP contribution in [0.15, 0.2) is 18.2 Å². The second-order valence-electron chi connectivity index (χ2n) is 7.97. The van der Waals surface area contributed by atoms with E-state index in [2.05, 4.69) is 29.3 Å². The molecule has 5 heteroatoms. The van der Waals surface area contributed by atoms with Crippen LogP contribution in [0.1, 0.15) is 57.1 Å². The maximum absolute atomic E-state index is 12.6. The number of likely N-dealkylation sites (tertiary alicyclic amines) is 1. The zero-order valence-corrected chi connectivity index (χ0v) is 15.7. The zero-order chi connectivity index (χ0) is 17.9. The molecule has 1 aromatic rings. The third-order valence-electron chi connectivity index (χ3n) is 6.12. The predicted molar refractivity (Wildman–Crippen MR) is 101 cm³/mol. The summed E-state index contributed by atoms with van der Waals surface area (Å²) >= 11 is 0. The molecular weight excluding hydrogens is 328 g/mol. The van der Waals surface area contributed by atoms with Crippen LogP contribution in [-0.4, -0.2) is 43.2 Å². The molecule has 3 atom stereocenters. The first-order valence-corrected chi connectivity index (χ1v) is 10.1. The van der Waals surface area contributed by atoms with E-state index in [1.165, 1.54) is 24.8 Å². The smallest absolute Gasteiger partial charge is 0.234 e. The SMILES string of the molecule is C[C@@H]1CCCC[C@H]1NC(=O)CN1CCC[C@@H]1c1ccc2c(c1)OCCO2. The number of rotatable bonds is 4. The van der Waals surface area contributed by atoms with Crippen molar-refractivity contribution in [3.05, 3.63) is 23.8 Å². The van der Waals surface area contributed by atoms with Gasteiger partial charge in [-0.2, -0.15) is 0 Å². The fourth-order valence-corrected chi connectivity index (χ4v) is 4.63. The molecule has 1 N–H and O–H groups in total. The number of fused-ring (bicyclic) bond motifs is 1. The molecule has 2 heterocycles. The number of carbonyl (C=O) groups is 1. The van der Waals surface area contributed by atoms with Crippen LogP contribution in [-0.2, 0) is 4.79 Å². The van der Waals surface area contributed by atoms with Gasteiger partial charge in [0.2, 0.25) is 5.91 Å². The van der Waals surface area contributed by atoms with Gasteiger partial charge in [0.05, 0.1) is 6.54 Å². The van der Waals surface area contributed by atoms with Crippen molar-refractivity contribution in [2.24, 2.45) is 5.92 Å². The Labute approximate surface area is 156 Å². The average Bonchev–Trinajstić information content (AvgIpc) is 3.11. The van der Waals surface area contributed by atoms with Gasteiger partial charge in [0.15, 0.2) is 11.5 Å². The van der Waals surface area contributed by atoms with E-state index in [-0.39, 0.29) is 5.91 Å². The van der Waals surface area contributed by atoms with Crippen molar-refractivity contribution in [3.8, 4) is 11.5 Å². The van der Waals surface area contributed by atoms with Crippen LogP contribution in [0.4, 0.5) is 0 Å². The summed E-state index contributed by atoms with van der Waals surface area (Å²) in [6.45, 7) is 4.95. The summed E-state index contributed by atoms with van der Waals surface area (Å²) in [7, 11) is 0. The largest absolute Gasteiger partial charge is 0.486 e. The van der Waals surface area contributed by atoms with Crippen LogP contribution in [0.5, 0.6) is 11.5 Å². The van der Waals surface area contributed by atoms with E-state index in [1.807, 2.05) is 6.07 Å². The lowest BCUT2D eigenvalue weighted by molar-refractivity contribution is -0.123. The summed E-state index contributed by atoms with van der Waals surface area (Å²) in [6, 6.07) is 6.87. The summed E-state index contributed by atoms with van der Waals surface area (Å²) in [5.41, 5.74) is 1.23. The topological polar surface area (TPSA) is 50.8 Å². The highest BCUT2D eigenvalue weighted by atomic mass is 16.6. The van der Waals surface area contributed by atoms with E-state index in [0.29, 0.717) is 37.8 Å². The molecule has 0 bridgehead atoms. The molecule has 142 valence electrons. The second kappa shape index (κ2) is 7.87. The molecule has 5 nitrogen and oxygen atoms in total. The van der Waals surface area contributed by atoms with Crippen molar-refractivity contribution in [2.75, 3.05) is 26.3 Å². The van der Waals surface area contributed by atoms with Gasteiger partial charge < -0.3 is 14.8 Å². The Morgan fingerprint density at radius 2 is 1.92 bits per heavy atom. The van der Waals surface area contributed by atoms with Crippen LogP contribution >= 0.6 is 0 Å². The van der Waals surface area contributed by atoms with E-state index in [4.69, 9.17) is 9.47 Å². The van der Waals surface area contributed by atoms with Crippen molar-refractivity contribution in [2.45, 2.75) is 57.5 Å². The standard InChI is InChI=1S/C21H30N2O3/c1-15-5-2-3-6-17(15)22-21(24)14-23-10-4-7-18(23)16-8-9-19-20(13-16)26-12-11-25-19/h8-9,13,15,17-18H,2-7,10-12,14H2,1H3,(H,22,24)/t15-,17-,18-/m1/s1. The van der Waals surface area contributed by atoms with Crippen molar-refractivity contribution >= 4 is 5.91 Å². The maximum Gasteiger partial charge on any atom is 0.234 e. The lowest BCUT2D eigenvalue weighted by atomic mass is 9.86. The van der Waals surface area contributed by atoms with E-state index < -0.39 is 0 Å². The number of ether oxygens (including phenoxy) is 2. The van der Waals surface area contributed by atoms with Crippen LogP contribution < -0.4 is 14.8 Å². The molecule has 1 aromatic carbocycles. The number of benzene rings is 1. The van der Waals surface area contributed by atoms with Crippen molar-refractivity contribution in [1.29, 1.82) is 0 Å². The van der Waals surface area contributed by atoms with Gasteiger partial charge in [-0.1, -0.05) is 25.8 Å². The Balaban J connectivity index is 1.39. The van der Waals surface area contributed by atoms with Crippen LogP contribution in [0.3, 0.4) is 0 Å². The number of nitrogens with zero attached hydrogens (tertiary/aromatic N) is 1. The molecule has 0 radical (unpaired) electrons. The van der Waals surface area contributed by atoms with E-state index in [9.17, 15) is 4.79 Å². The van der Waals surface area contributed by atoms with E-state index in [1.54, 1.807) is 0 Å². The molecule has 2 aliphatic heterocycles. The lowest BCUT2D eigenvalue weighted by Gasteiger charge is -2.31. The van der Waals surface area contributed by atoms with Crippen LogP contribution in [0.2, 0.25) is 0 Å². The second-order valence-corrected chi connectivity index (χ2v) is 7.97. The molecule has 3 aliphatic rings. The minimum atomic E-state index is 0.174. The van der Waals surface area contributed by atoms with Crippen molar-refractivity contribution in [3.63, 3.8) is 0 Å². The highest BCUT2D eigenvalue weighted by molar-refractivity contribution is 5.78. The molecule has 0 unspecified atom stereocenters. The first kappa shape index (κ1) is 17.7. The average molecular weight is 358 g/mol. The van der Waals surface area contributed by atoms with Gasteiger partial charge in [0.25, 0.3) is 0 Å².